The highest BCUT2D eigenvalue weighted by Gasteiger charge is 2.23. The Bertz CT molecular complexity index is 450. The lowest BCUT2D eigenvalue weighted by Crippen LogP contribution is -2.27. The van der Waals surface area contributed by atoms with Gasteiger partial charge in [0.15, 0.2) is 0 Å². The number of fused-ring (bicyclic) bond motifs is 1. The summed E-state index contributed by atoms with van der Waals surface area (Å²) in [4.78, 5) is 15.8. The first-order valence-electron chi connectivity index (χ1n) is 6.14. The molecule has 1 aromatic carbocycles. The SMILES string of the molecule is CN1C(=O)CCN(CCCN)c2cc(Cl)ccc21. The van der Waals surface area contributed by atoms with E-state index in [1.165, 1.54) is 0 Å². The van der Waals surface area contributed by atoms with Crippen LogP contribution in [0, 0.1) is 0 Å². The second-order valence-electron chi connectivity index (χ2n) is 4.47. The molecule has 0 aromatic heterocycles. The minimum absolute atomic E-state index is 0.133. The monoisotopic (exact) mass is 267 g/mol. The van der Waals surface area contributed by atoms with Crippen molar-refractivity contribution in [2.45, 2.75) is 12.8 Å². The molecule has 0 spiro atoms. The van der Waals surface area contributed by atoms with Gasteiger partial charge in [-0.2, -0.15) is 0 Å². The van der Waals surface area contributed by atoms with Crippen LogP contribution in [-0.2, 0) is 4.79 Å². The molecular formula is C13H18ClN3O. The predicted octanol–water partition coefficient (Wildman–Crippen LogP) is 1.86. The van der Waals surface area contributed by atoms with Crippen molar-refractivity contribution in [1.29, 1.82) is 0 Å². The maximum atomic E-state index is 11.9. The Labute approximate surface area is 112 Å². The Morgan fingerprint density at radius 3 is 2.89 bits per heavy atom. The molecule has 0 aliphatic carbocycles. The molecule has 1 aliphatic heterocycles. The fourth-order valence-corrected chi connectivity index (χ4v) is 2.37. The highest BCUT2D eigenvalue weighted by Crippen LogP contribution is 2.34. The van der Waals surface area contributed by atoms with Gasteiger partial charge in [0.25, 0.3) is 0 Å². The maximum absolute atomic E-state index is 11.9. The lowest BCUT2D eigenvalue weighted by molar-refractivity contribution is -0.118. The molecule has 0 saturated carbocycles. The topological polar surface area (TPSA) is 49.6 Å². The zero-order valence-corrected chi connectivity index (χ0v) is 11.3. The van der Waals surface area contributed by atoms with E-state index >= 15 is 0 Å². The van der Waals surface area contributed by atoms with Crippen LogP contribution in [0.15, 0.2) is 18.2 Å². The van der Waals surface area contributed by atoms with Crippen molar-refractivity contribution in [3.63, 3.8) is 0 Å². The van der Waals surface area contributed by atoms with Crippen molar-refractivity contribution in [1.82, 2.24) is 0 Å². The van der Waals surface area contributed by atoms with Gasteiger partial charge in [-0.3, -0.25) is 4.79 Å². The lowest BCUT2D eigenvalue weighted by atomic mass is 10.2. The Kier molecular flexibility index (Phi) is 4.09. The zero-order chi connectivity index (χ0) is 13.1. The van der Waals surface area contributed by atoms with Crippen LogP contribution in [0.2, 0.25) is 5.02 Å². The van der Waals surface area contributed by atoms with E-state index in [0.717, 1.165) is 30.9 Å². The molecular weight excluding hydrogens is 250 g/mol. The number of hydrogen-bond acceptors (Lipinski definition) is 3. The molecule has 0 atom stereocenters. The summed E-state index contributed by atoms with van der Waals surface area (Å²) >= 11 is 6.06. The van der Waals surface area contributed by atoms with E-state index < -0.39 is 0 Å². The first-order valence-corrected chi connectivity index (χ1v) is 6.52. The largest absolute Gasteiger partial charge is 0.369 e. The number of carbonyl (C=O) groups is 1. The Hall–Kier alpha value is -1.26. The lowest BCUT2D eigenvalue weighted by Gasteiger charge is -2.25. The number of halogens is 1. The smallest absolute Gasteiger partial charge is 0.228 e. The van der Waals surface area contributed by atoms with Gasteiger partial charge in [0, 0.05) is 31.6 Å². The van der Waals surface area contributed by atoms with Crippen LogP contribution < -0.4 is 15.5 Å². The first kappa shape index (κ1) is 13.2. The van der Waals surface area contributed by atoms with Gasteiger partial charge in [0.2, 0.25) is 5.91 Å². The van der Waals surface area contributed by atoms with Gasteiger partial charge in [-0.25, -0.2) is 0 Å². The fourth-order valence-electron chi connectivity index (χ4n) is 2.20. The summed E-state index contributed by atoms with van der Waals surface area (Å²) < 4.78 is 0. The van der Waals surface area contributed by atoms with Gasteiger partial charge >= 0.3 is 0 Å². The zero-order valence-electron chi connectivity index (χ0n) is 10.5. The molecule has 2 N–H and O–H groups in total. The predicted molar refractivity (Wildman–Crippen MR) is 75.4 cm³/mol. The van der Waals surface area contributed by atoms with E-state index in [0.29, 0.717) is 18.0 Å². The fraction of sp³-hybridized carbons (Fsp3) is 0.462. The van der Waals surface area contributed by atoms with E-state index in [-0.39, 0.29) is 5.91 Å². The van der Waals surface area contributed by atoms with Gasteiger partial charge in [0.05, 0.1) is 11.4 Å². The number of nitrogens with two attached hydrogens (primary N) is 1. The maximum Gasteiger partial charge on any atom is 0.228 e. The van der Waals surface area contributed by atoms with E-state index in [1.807, 2.05) is 25.2 Å². The molecule has 2 rings (SSSR count). The summed E-state index contributed by atoms with van der Waals surface area (Å²) in [5.41, 5.74) is 7.49. The third-order valence-electron chi connectivity index (χ3n) is 3.24. The summed E-state index contributed by atoms with van der Waals surface area (Å²) in [6.07, 6.45) is 1.43. The molecule has 0 fully saturated rings. The van der Waals surface area contributed by atoms with Gasteiger partial charge in [-0.1, -0.05) is 11.6 Å². The molecule has 1 heterocycles. The number of rotatable bonds is 3. The summed E-state index contributed by atoms with van der Waals surface area (Å²) in [5, 5.41) is 0.689. The first-order chi connectivity index (χ1) is 8.63. The molecule has 98 valence electrons. The molecule has 5 heteroatoms. The quantitative estimate of drug-likeness (QED) is 0.910. The Balaban J connectivity index is 2.38. The molecule has 1 aromatic rings. The van der Waals surface area contributed by atoms with Crippen LogP contribution in [0.5, 0.6) is 0 Å². The summed E-state index contributed by atoms with van der Waals surface area (Å²) in [5.74, 6) is 0.133. The van der Waals surface area contributed by atoms with Crippen LogP contribution in [-0.4, -0.2) is 32.6 Å². The molecule has 1 amide bonds. The number of amides is 1. The third kappa shape index (κ3) is 2.60. The van der Waals surface area contributed by atoms with Crippen molar-refractivity contribution in [3.05, 3.63) is 23.2 Å². The van der Waals surface area contributed by atoms with Crippen molar-refractivity contribution < 1.29 is 4.79 Å². The van der Waals surface area contributed by atoms with Gasteiger partial charge in [-0.15, -0.1) is 0 Å². The third-order valence-corrected chi connectivity index (χ3v) is 3.48. The molecule has 18 heavy (non-hydrogen) atoms. The second-order valence-corrected chi connectivity index (χ2v) is 4.90. The Morgan fingerprint density at radius 2 is 2.17 bits per heavy atom. The van der Waals surface area contributed by atoms with E-state index in [1.54, 1.807) is 4.90 Å². The molecule has 0 saturated heterocycles. The van der Waals surface area contributed by atoms with Crippen molar-refractivity contribution in [3.8, 4) is 0 Å². The number of nitrogens with zero attached hydrogens (tertiary/aromatic N) is 2. The second kappa shape index (κ2) is 5.59. The van der Waals surface area contributed by atoms with Gasteiger partial charge < -0.3 is 15.5 Å². The molecule has 0 bridgehead atoms. The normalized spacial score (nSPS) is 15.6. The molecule has 1 aliphatic rings. The van der Waals surface area contributed by atoms with Crippen LogP contribution in [0.25, 0.3) is 0 Å². The number of benzene rings is 1. The van der Waals surface area contributed by atoms with Crippen molar-refractivity contribution in [2.24, 2.45) is 5.73 Å². The molecule has 0 unspecified atom stereocenters. The number of anilines is 2. The van der Waals surface area contributed by atoms with Crippen molar-refractivity contribution in [2.75, 3.05) is 36.5 Å². The minimum Gasteiger partial charge on any atom is -0.369 e. The number of carbonyl (C=O) groups excluding carboxylic acids is 1. The van der Waals surface area contributed by atoms with E-state index in [9.17, 15) is 4.79 Å². The number of hydrogen-bond donors (Lipinski definition) is 1. The molecule has 0 radical (unpaired) electrons. The average Bonchev–Trinajstić information content (AvgIpc) is 2.47. The van der Waals surface area contributed by atoms with Crippen LogP contribution >= 0.6 is 11.6 Å². The van der Waals surface area contributed by atoms with Gasteiger partial charge in [0.1, 0.15) is 0 Å². The highest BCUT2D eigenvalue weighted by atomic mass is 35.5. The molecule has 4 nitrogen and oxygen atoms in total. The summed E-state index contributed by atoms with van der Waals surface area (Å²) in [6.45, 7) is 2.22. The minimum atomic E-state index is 0.133. The van der Waals surface area contributed by atoms with Crippen LogP contribution in [0.1, 0.15) is 12.8 Å². The average molecular weight is 268 g/mol. The van der Waals surface area contributed by atoms with Crippen molar-refractivity contribution >= 4 is 28.9 Å². The van der Waals surface area contributed by atoms with Crippen LogP contribution in [0.4, 0.5) is 11.4 Å². The Morgan fingerprint density at radius 1 is 1.39 bits per heavy atom. The van der Waals surface area contributed by atoms with Crippen LogP contribution in [0.3, 0.4) is 0 Å². The van der Waals surface area contributed by atoms with E-state index in [4.69, 9.17) is 17.3 Å². The van der Waals surface area contributed by atoms with E-state index in [2.05, 4.69) is 4.90 Å². The summed E-state index contributed by atoms with van der Waals surface area (Å²) in [7, 11) is 1.81. The van der Waals surface area contributed by atoms with Gasteiger partial charge in [-0.05, 0) is 31.2 Å². The summed E-state index contributed by atoms with van der Waals surface area (Å²) in [6, 6.07) is 5.63. The standard InChI is InChI=1S/C13H18ClN3O/c1-16-11-4-3-10(14)9-12(11)17(7-2-6-15)8-5-13(16)18/h3-4,9H,2,5-8,15H2,1H3. The highest BCUT2D eigenvalue weighted by molar-refractivity contribution is 6.31.